The highest BCUT2D eigenvalue weighted by Crippen LogP contribution is 2.28. The van der Waals surface area contributed by atoms with Crippen LogP contribution in [0.3, 0.4) is 0 Å². The van der Waals surface area contributed by atoms with Gasteiger partial charge in [0.15, 0.2) is 0 Å². The Morgan fingerprint density at radius 1 is 1.56 bits per heavy atom. The monoisotopic (exact) mass is 272 g/mol. The van der Waals surface area contributed by atoms with Gasteiger partial charge in [-0.3, -0.25) is 5.10 Å². The van der Waals surface area contributed by atoms with E-state index < -0.39 is 10.0 Å². The minimum atomic E-state index is -3.46. The molecule has 2 unspecified atom stereocenters. The number of piperidine rings is 1. The molecule has 0 radical (unpaired) electrons. The quantitative estimate of drug-likeness (QED) is 0.836. The number of aryl methyl sites for hydroxylation is 1. The van der Waals surface area contributed by atoms with Crippen LogP contribution in [0.25, 0.3) is 0 Å². The van der Waals surface area contributed by atoms with E-state index in [9.17, 15) is 8.42 Å². The molecule has 2 atom stereocenters. The predicted octanol–water partition coefficient (Wildman–Crippen LogP) is 0.466. The van der Waals surface area contributed by atoms with Crippen molar-refractivity contribution < 1.29 is 8.42 Å². The van der Waals surface area contributed by atoms with Gasteiger partial charge < -0.3 is 5.73 Å². The van der Waals surface area contributed by atoms with Crippen LogP contribution in [-0.4, -0.2) is 42.1 Å². The Morgan fingerprint density at radius 3 is 2.83 bits per heavy atom. The van der Waals surface area contributed by atoms with Crippen molar-refractivity contribution >= 4 is 10.0 Å². The molecule has 1 aliphatic rings. The Morgan fingerprint density at radius 2 is 2.28 bits per heavy atom. The highest BCUT2D eigenvalue weighted by molar-refractivity contribution is 7.89. The summed E-state index contributed by atoms with van der Waals surface area (Å²) >= 11 is 0. The van der Waals surface area contributed by atoms with Crippen molar-refractivity contribution in [1.82, 2.24) is 14.5 Å². The van der Waals surface area contributed by atoms with Gasteiger partial charge in [-0.25, -0.2) is 8.42 Å². The molecule has 18 heavy (non-hydrogen) atoms. The lowest BCUT2D eigenvalue weighted by Gasteiger charge is -2.36. The van der Waals surface area contributed by atoms with Gasteiger partial charge in [-0.1, -0.05) is 0 Å². The first-order valence-electron chi connectivity index (χ1n) is 6.18. The lowest BCUT2D eigenvalue weighted by atomic mass is 9.96. The van der Waals surface area contributed by atoms with Gasteiger partial charge in [-0.2, -0.15) is 9.40 Å². The van der Waals surface area contributed by atoms with E-state index in [0.29, 0.717) is 18.8 Å². The molecule has 0 saturated carbocycles. The van der Waals surface area contributed by atoms with Crippen molar-refractivity contribution in [3.8, 4) is 0 Å². The molecule has 1 aliphatic heterocycles. The Hall–Kier alpha value is -0.920. The summed E-state index contributed by atoms with van der Waals surface area (Å²) in [5, 5.41) is 6.46. The third-order valence-corrected chi connectivity index (χ3v) is 5.72. The molecule has 0 aliphatic carbocycles. The summed E-state index contributed by atoms with van der Waals surface area (Å²) in [4.78, 5) is 0.270. The molecule has 0 aromatic carbocycles. The van der Waals surface area contributed by atoms with Crippen LogP contribution < -0.4 is 5.73 Å². The standard InChI is InChI=1S/C11H20N4O2S/c1-8-3-4-10(5-12)7-15(8)18(16,17)11-6-13-14-9(11)2/h6,8,10H,3-5,7,12H2,1-2H3,(H,13,14). The SMILES string of the molecule is Cc1[nH]ncc1S(=O)(=O)N1CC(CN)CCC1C. The normalized spacial score (nSPS) is 26.4. The van der Waals surface area contributed by atoms with Gasteiger partial charge in [0.1, 0.15) is 4.90 Å². The van der Waals surface area contributed by atoms with Crippen molar-refractivity contribution in [2.45, 2.75) is 37.6 Å². The highest BCUT2D eigenvalue weighted by Gasteiger charge is 2.35. The lowest BCUT2D eigenvalue weighted by molar-refractivity contribution is 0.211. The van der Waals surface area contributed by atoms with Crippen molar-refractivity contribution in [2.75, 3.05) is 13.1 Å². The number of aromatic amines is 1. The second-order valence-electron chi connectivity index (χ2n) is 4.96. The third-order valence-electron chi connectivity index (χ3n) is 3.63. The van der Waals surface area contributed by atoms with Crippen molar-refractivity contribution in [1.29, 1.82) is 0 Å². The molecule has 1 aromatic heterocycles. The summed E-state index contributed by atoms with van der Waals surface area (Å²) in [5.41, 5.74) is 6.24. The number of H-pyrrole nitrogens is 1. The maximum absolute atomic E-state index is 12.6. The average molecular weight is 272 g/mol. The zero-order valence-electron chi connectivity index (χ0n) is 10.8. The first-order valence-corrected chi connectivity index (χ1v) is 7.62. The molecular weight excluding hydrogens is 252 g/mol. The van der Waals surface area contributed by atoms with Gasteiger partial charge in [-0.05, 0) is 39.2 Å². The lowest BCUT2D eigenvalue weighted by Crippen LogP contribution is -2.47. The topological polar surface area (TPSA) is 92.1 Å². The van der Waals surface area contributed by atoms with E-state index in [1.807, 2.05) is 6.92 Å². The fourth-order valence-corrected chi connectivity index (χ4v) is 4.26. The summed E-state index contributed by atoms with van der Waals surface area (Å²) in [7, 11) is -3.46. The minimum absolute atomic E-state index is 0.0205. The van der Waals surface area contributed by atoms with Gasteiger partial charge in [0.25, 0.3) is 0 Å². The number of sulfonamides is 1. The van der Waals surface area contributed by atoms with Gasteiger partial charge in [-0.15, -0.1) is 0 Å². The van der Waals surface area contributed by atoms with Crippen LogP contribution in [-0.2, 0) is 10.0 Å². The first-order chi connectivity index (χ1) is 8.46. The number of hydrogen-bond donors (Lipinski definition) is 2. The van der Waals surface area contributed by atoms with E-state index in [0.717, 1.165) is 12.8 Å². The second-order valence-corrected chi connectivity index (χ2v) is 6.82. The Bertz CT molecular complexity index is 511. The third kappa shape index (κ3) is 2.30. The summed E-state index contributed by atoms with van der Waals surface area (Å²) in [6, 6.07) is 0.0205. The van der Waals surface area contributed by atoms with Gasteiger partial charge in [0, 0.05) is 12.6 Å². The van der Waals surface area contributed by atoms with Crippen LogP contribution in [0.5, 0.6) is 0 Å². The fourth-order valence-electron chi connectivity index (χ4n) is 2.40. The van der Waals surface area contributed by atoms with Crippen LogP contribution >= 0.6 is 0 Å². The zero-order chi connectivity index (χ0) is 13.3. The van der Waals surface area contributed by atoms with Crippen molar-refractivity contribution in [3.05, 3.63) is 11.9 Å². The number of rotatable bonds is 3. The number of nitrogens with two attached hydrogens (primary N) is 1. The number of nitrogens with zero attached hydrogens (tertiary/aromatic N) is 2. The van der Waals surface area contributed by atoms with Crippen LogP contribution in [0.1, 0.15) is 25.5 Å². The average Bonchev–Trinajstić information content (AvgIpc) is 2.76. The maximum Gasteiger partial charge on any atom is 0.246 e. The van der Waals surface area contributed by atoms with Crippen molar-refractivity contribution in [3.63, 3.8) is 0 Å². The molecular formula is C11H20N4O2S. The minimum Gasteiger partial charge on any atom is -0.330 e. The molecule has 1 saturated heterocycles. The summed E-state index contributed by atoms with van der Waals surface area (Å²) < 4.78 is 26.7. The summed E-state index contributed by atoms with van der Waals surface area (Å²) in [6.07, 6.45) is 3.23. The Labute approximate surface area is 108 Å². The van der Waals surface area contributed by atoms with E-state index in [1.165, 1.54) is 6.20 Å². The van der Waals surface area contributed by atoms with E-state index in [4.69, 9.17) is 5.73 Å². The highest BCUT2D eigenvalue weighted by atomic mass is 32.2. The zero-order valence-corrected chi connectivity index (χ0v) is 11.6. The Kier molecular flexibility index (Phi) is 3.74. The van der Waals surface area contributed by atoms with Gasteiger partial charge in [0.05, 0.1) is 11.9 Å². The molecule has 0 amide bonds. The Balaban J connectivity index is 2.31. The van der Waals surface area contributed by atoms with Crippen molar-refractivity contribution in [2.24, 2.45) is 11.7 Å². The molecule has 2 rings (SSSR count). The number of hydrogen-bond acceptors (Lipinski definition) is 4. The van der Waals surface area contributed by atoms with Crippen LogP contribution in [0.4, 0.5) is 0 Å². The van der Waals surface area contributed by atoms with E-state index in [2.05, 4.69) is 10.2 Å². The molecule has 3 N–H and O–H groups in total. The summed E-state index contributed by atoms with van der Waals surface area (Å²) in [6.45, 7) is 4.70. The fraction of sp³-hybridized carbons (Fsp3) is 0.727. The molecule has 7 heteroatoms. The van der Waals surface area contributed by atoms with Crippen LogP contribution in [0.2, 0.25) is 0 Å². The van der Waals surface area contributed by atoms with Crippen LogP contribution in [0.15, 0.2) is 11.1 Å². The maximum atomic E-state index is 12.6. The van der Waals surface area contributed by atoms with Gasteiger partial charge in [0.2, 0.25) is 10.0 Å². The van der Waals surface area contributed by atoms with E-state index >= 15 is 0 Å². The second kappa shape index (κ2) is 4.99. The van der Waals surface area contributed by atoms with Crippen LogP contribution in [0, 0.1) is 12.8 Å². The molecule has 2 heterocycles. The van der Waals surface area contributed by atoms with E-state index in [-0.39, 0.29) is 16.9 Å². The van der Waals surface area contributed by atoms with E-state index in [1.54, 1.807) is 11.2 Å². The predicted molar refractivity (Wildman–Crippen MR) is 68.5 cm³/mol. The largest absolute Gasteiger partial charge is 0.330 e. The summed E-state index contributed by atoms with van der Waals surface area (Å²) in [5.74, 6) is 0.253. The molecule has 1 aromatic rings. The molecule has 1 fully saturated rings. The van der Waals surface area contributed by atoms with Gasteiger partial charge >= 0.3 is 0 Å². The molecule has 102 valence electrons. The molecule has 0 bridgehead atoms. The smallest absolute Gasteiger partial charge is 0.246 e. The molecule has 6 nitrogen and oxygen atoms in total. The molecule has 0 spiro atoms. The number of aromatic nitrogens is 2. The first kappa shape index (κ1) is 13.5. The number of nitrogens with one attached hydrogen (secondary N) is 1.